The van der Waals surface area contributed by atoms with Crippen molar-refractivity contribution in [1.82, 2.24) is 20.9 Å². The van der Waals surface area contributed by atoms with Crippen LogP contribution in [0.3, 0.4) is 0 Å². The molecular weight excluding hydrogens is 520 g/mol. The van der Waals surface area contributed by atoms with Crippen LogP contribution in [0.4, 0.5) is 0 Å². The number of H-pyrrole nitrogens is 1. The van der Waals surface area contributed by atoms with Crippen LogP contribution in [0, 0.1) is 12.3 Å². The second-order valence-corrected chi connectivity index (χ2v) is 10.2. The molecule has 1 heterocycles. The van der Waals surface area contributed by atoms with Crippen LogP contribution >= 0.6 is 0 Å². The lowest BCUT2D eigenvalue weighted by atomic mass is 10.0. The van der Waals surface area contributed by atoms with Gasteiger partial charge in [0.1, 0.15) is 6.04 Å². The number of aromatic nitrogens is 1. The largest absolute Gasteiger partial charge is 0.361 e. The standard InChI is InChI=1S/C36H34N4O2/c1-2-11-33(37-23-26-12-5-3-6-13-26)36(42)40-34(22-30-25-38-32-17-10-9-16-31(30)32)35(41)39-24-27-18-20-29(21-19-27)28-14-7-4-8-15-28/h1,3-10,12-21,25,33-34,37-38H,11,22-24H2,(H,39,41)(H,40,42)/t33-,34-/m0/s1. The van der Waals surface area contributed by atoms with E-state index in [4.69, 9.17) is 6.42 Å². The van der Waals surface area contributed by atoms with Gasteiger partial charge in [-0.15, -0.1) is 12.3 Å². The second kappa shape index (κ2) is 14.0. The van der Waals surface area contributed by atoms with Gasteiger partial charge in [-0.1, -0.05) is 103 Å². The van der Waals surface area contributed by atoms with E-state index in [2.05, 4.69) is 39.0 Å². The molecule has 42 heavy (non-hydrogen) atoms. The molecule has 2 amide bonds. The first-order valence-electron chi connectivity index (χ1n) is 14.1. The van der Waals surface area contributed by atoms with E-state index >= 15 is 0 Å². The molecule has 0 saturated carbocycles. The fourth-order valence-electron chi connectivity index (χ4n) is 4.97. The minimum absolute atomic E-state index is 0.202. The molecule has 0 unspecified atom stereocenters. The van der Waals surface area contributed by atoms with Crippen molar-refractivity contribution in [3.63, 3.8) is 0 Å². The average Bonchev–Trinajstić information content (AvgIpc) is 3.45. The van der Waals surface area contributed by atoms with Gasteiger partial charge >= 0.3 is 0 Å². The van der Waals surface area contributed by atoms with E-state index in [1.807, 2.05) is 103 Å². The van der Waals surface area contributed by atoms with Crippen molar-refractivity contribution in [2.24, 2.45) is 0 Å². The summed E-state index contributed by atoms with van der Waals surface area (Å²) in [5.74, 6) is 2.02. The van der Waals surface area contributed by atoms with Gasteiger partial charge in [-0.2, -0.15) is 0 Å². The number of para-hydroxylation sites is 1. The fraction of sp³-hybridized carbons (Fsp3) is 0.167. The van der Waals surface area contributed by atoms with Crippen molar-refractivity contribution in [2.75, 3.05) is 0 Å². The molecule has 0 aliphatic carbocycles. The minimum atomic E-state index is -0.793. The van der Waals surface area contributed by atoms with Gasteiger partial charge in [0.05, 0.1) is 6.04 Å². The normalized spacial score (nSPS) is 12.3. The number of carbonyl (C=O) groups excluding carboxylic acids is 2. The zero-order valence-corrected chi connectivity index (χ0v) is 23.3. The molecule has 0 spiro atoms. The summed E-state index contributed by atoms with van der Waals surface area (Å²) in [7, 11) is 0. The van der Waals surface area contributed by atoms with Crippen LogP contribution < -0.4 is 16.0 Å². The molecule has 210 valence electrons. The van der Waals surface area contributed by atoms with Crippen molar-refractivity contribution in [3.8, 4) is 23.5 Å². The molecule has 0 aliphatic heterocycles. The van der Waals surface area contributed by atoms with Gasteiger partial charge in [-0.3, -0.25) is 9.59 Å². The van der Waals surface area contributed by atoms with Crippen LogP contribution in [-0.2, 0) is 29.1 Å². The Morgan fingerprint density at radius 3 is 2.10 bits per heavy atom. The number of benzene rings is 4. The summed E-state index contributed by atoms with van der Waals surface area (Å²) in [4.78, 5) is 30.3. The van der Waals surface area contributed by atoms with Crippen molar-refractivity contribution in [2.45, 2.75) is 38.0 Å². The van der Waals surface area contributed by atoms with Crippen LogP contribution in [0.2, 0.25) is 0 Å². The Hall–Kier alpha value is -5.12. The van der Waals surface area contributed by atoms with Gasteiger partial charge in [-0.25, -0.2) is 0 Å². The number of nitrogens with one attached hydrogen (secondary N) is 4. The van der Waals surface area contributed by atoms with Gasteiger partial charge in [0.25, 0.3) is 0 Å². The molecule has 4 aromatic carbocycles. The van der Waals surface area contributed by atoms with E-state index in [1.54, 1.807) is 0 Å². The zero-order valence-electron chi connectivity index (χ0n) is 23.3. The number of rotatable bonds is 12. The average molecular weight is 555 g/mol. The third kappa shape index (κ3) is 7.34. The Kier molecular flexibility index (Phi) is 9.46. The van der Waals surface area contributed by atoms with E-state index < -0.39 is 12.1 Å². The topological polar surface area (TPSA) is 86.0 Å². The van der Waals surface area contributed by atoms with Crippen molar-refractivity contribution < 1.29 is 9.59 Å². The number of hydrogen-bond acceptors (Lipinski definition) is 3. The van der Waals surface area contributed by atoms with Crippen molar-refractivity contribution >= 4 is 22.7 Å². The summed E-state index contributed by atoms with van der Waals surface area (Å²) < 4.78 is 0. The molecule has 2 atom stereocenters. The van der Waals surface area contributed by atoms with Crippen molar-refractivity contribution in [3.05, 3.63) is 132 Å². The third-order valence-electron chi connectivity index (χ3n) is 7.29. The molecule has 0 aliphatic rings. The molecule has 6 nitrogen and oxygen atoms in total. The second-order valence-electron chi connectivity index (χ2n) is 10.2. The number of fused-ring (bicyclic) bond motifs is 1. The molecule has 0 saturated heterocycles. The van der Waals surface area contributed by atoms with Gasteiger partial charge in [0.15, 0.2) is 0 Å². The molecule has 6 heteroatoms. The highest BCUT2D eigenvalue weighted by Gasteiger charge is 2.26. The molecule has 4 N–H and O–H groups in total. The highest BCUT2D eigenvalue weighted by molar-refractivity contribution is 5.91. The first kappa shape index (κ1) is 28.4. The van der Waals surface area contributed by atoms with Gasteiger partial charge in [-0.05, 0) is 33.9 Å². The lowest BCUT2D eigenvalue weighted by Crippen LogP contribution is -2.53. The zero-order chi connectivity index (χ0) is 29.1. The summed E-state index contributed by atoms with van der Waals surface area (Å²) >= 11 is 0. The smallest absolute Gasteiger partial charge is 0.243 e. The summed E-state index contributed by atoms with van der Waals surface area (Å²) in [5.41, 5.74) is 6.18. The quantitative estimate of drug-likeness (QED) is 0.157. The molecule has 0 radical (unpaired) electrons. The number of aromatic amines is 1. The Morgan fingerprint density at radius 1 is 0.714 bits per heavy atom. The van der Waals surface area contributed by atoms with Gasteiger partial charge in [0.2, 0.25) is 11.8 Å². The van der Waals surface area contributed by atoms with Crippen LogP contribution in [0.15, 0.2) is 115 Å². The number of carbonyl (C=O) groups is 2. The van der Waals surface area contributed by atoms with E-state index in [0.29, 0.717) is 19.5 Å². The van der Waals surface area contributed by atoms with Gasteiger partial charge in [0, 0.05) is 43.0 Å². The summed E-state index contributed by atoms with van der Waals surface area (Å²) in [6.45, 7) is 0.826. The first-order valence-corrected chi connectivity index (χ1v) is 14.1. The Balaban J connectivity index is 1.29. The fourth-order valence-corrected chi connectivity index (χ4v) is 4.97. The van der Waals surface area contributed by atoms with Gasteiger partial charge < -0.3 is 20.9 Å². The van der Waals surface area contributed by atoms with Crippen LogP contribution in [0.1, 0.15) is 23.1 Å². The Morgan fingerprint density at radius 2 is 1.36 bits per heavy atom. The van der Waals surface area contributed by atoms with Crippen molar-refractivity contribution in [1.29, 1.82) is 0 Å². The molecule has 0 fully saturated rings. The summed E-state index contributed by atoms with van der Waals surface area (Å²) in [6, 6.07) is 34.5. The molecule has 5 aromatic rings. The lowest BCUT2D eigenvalue weighted by Gasteiger charge is -2.22. The van der Waals surface area contributed by atoms with E-state index in [-0.39, 0.29) is 18.2 Å². The number of hydrogen-bond donors (Lipinski definition) is 4. The molecule has 1 aromatic heterocycles. The van der Waals surface area contributed by atoms with E-state index in [1.165, 1.54) is 0 Å². The maximum Gasteiger partial charge on any atom is 0.243 e. The Labute approximate surface area is 246 Å². The number of terminal acetylenes is 1. The summed E-state index contributed by atoms with van der Waals surface area (Å²) in [6.07, 6.45) is 8.03. The maximum absolute atomic E-state index is 13.6. The summed E-state index contributed by atoms with van der Waals surface area (Å²) in [5, 5.41) is 10.3. The van der Waals surface area contributed by atoms with Crippen LogP contribution in [0.25, 0.3) is 22.0 Å². The molecule has 5 rings (SSSR count). The number of amides is 2. The molecular formula is C36H34N4O2. The van der Waals surface area contributed by atoms with E-state index in [9.17, 15) is 9.59 Å². The highest BCUT2D eigenvalue weighted by Crippen LogP contribution is 2.21. The van der Waals surface area contributed by atoms with E-state index in [0.717, 1.165) is 38.7 Å². The first-order chi connectivity index (χ1) is 20.6. The third-order valence-corrected chi connectivity index (χ3v) is 7.29. The van der Waals surface area contributed by atoms with Crippen LogP contribution in [-0.4, -0.2) is 28.9 Å². The monoisotopic (exact) mass is 554 g/mol. The minimum Gasteiger partial charge on any atom is -0.361 e. The predicted molar refractivity (Wildman–Crippen MR) is 168 cm³/mol. The highest BCUT2D eigenvalue weighted by atomic mass is 16.2. The molecule has 0 bridgehead atoms. The van der Waals surface area contributed by atoms with Crippen LogP contribution in [0.5, 0.6) is 0 Å². The Bertz CT molecular complexity index is 1650. The lowest BCUT2D eigenvalue weighted by molar-refractivity contribution is -0.130. The predicted octanol–water partition coefficient (Wildman–Crippen LogP) is 5.36. The maximum atomic E-state index is 13.6. The SMILES string of the molecule is C#CC[C@H](NCc1ccccc1)C(=O)N[C@@H](Cc1c[nH]c2ccccc12)C(=O)NCc1ccc(-c2ccccc2)cc1.